The molecular formula is C24H31IN6O. The topological polar surface area (TPSA) is 67.6 Å². The largest absolute Gasteiger partial charge is 0.376 e. The van der Waals surface area contributed by atoms with E-state index in [1.807, 2.05) is 18.2 Å². The van der Waals surface area contributed by atoms with Gasteiger partial charge in [0, 0.05) is 25.6 Å². The molecule has 0 spiro atoms. The standard InChI is InChI=1S/C24H30N6O.HI/c1-2-26-24(27-14-20-8-10-23(11-9-20)30-19-25-18-28-30)29-13-12-22(15-29)17-31-16-21-6-4-3-5-7-21;/h3-11,18-19,22H,2,12-17H2,1H3,(H,26,27);1H. The first kappa shape index (κ1) is 24.2. The quantitative estimate of drug-likeness (QED) is 0.264. The average Bonchev–Trinajstić information content (AvgIpc) is 3.50. The van der Waals surface area contributed by atoms with Crippen LogP contribution in [0.15, 0.2) is 72.2 Å². The van der Waals surface area contributed by atoms with E-state index in [-0.39, 0.29) is 24.0 Å². The number of halogens is 1. The second-order valence-corrected chi connectivity index (χ2v) is 7.78. The number of aromatic nitrogens is 3. The summed E-state index contributed by atoms with van der Waals surface area (Å²) >= 11 is 0. The van der Waals surface area contributed by atoms with E-state index in [1.165, 1.54) is 17.5 Å². The Balaban J connectivity index is 0.00000289. The smallest absolute Gasteiger partial charge is 0.194 e. The summed E-state index contributed by atoms with van der Waals surface area (Å²) in [6.07, 6.45) is 4.37. The number of aliphatic imine (C=N–C) groups is 1. The number of hydrogen-bond acceptors (Lipinski definition) is 4. The number of rotatable bonds is 8. The molecule has 3 aromatic rings. The van der Waals surface area contributed by atoms with Crippen LogP contribution in [0, 0.1) is 5.92 Å². The highest BCUT2D eigenvalue weighted by Gasteiger charge is 2.25. The molecule has 7 nitrogen and oxygen atoms in total. The molecule has 1 aromatic heterocycles. The van der Waals surface area contributed by atoms with Gasteiger partial charge in [-0.25, -0.2) is 14.7 Å². The van der Waals surface area contributed by atoms with E-state index in [1.54, 1.807) is 11.0 Å². The second kappa shape index (κ2) is 12.5. The van der Waals surface area contributed by atoms with Crippen LogP contribution in [0.2, 0.25) is 0 Å². The lowest BCUT2D eigenvalue weighted by Gasteiger charge is -2.21. The third-order valence-electron chi connectivity index (χ3n) is 5.42. The zero-order chi connectivity index (χ0) is 21.3. The van der Waals surface area contributed by atoms with Crippen molar-refractivity contribution in [2.75, 3.05) is 26.2 Å². The van der Waals surface area contributed by atoms with E-state index in [2.05, 4.69) is 63.6 Å². The molecule has 2 aromatic carbocycles. The molecule has 1 unspecified atom stereocenters. The number of nitrogens with zero attached hydrogens (tertiary/aromatic N) is 5. The Morgan fingerprint density at radius 1 is 1.12 bits per heavy atom. The van der Waals surface area contributed by atoms with Crippen molar-refractivity contribution in [2.45, 2.75) is 26.5 Å². The molecule has 0 amide bonds. The second-order valence-electron chi connectivity index (χ2n) is 7.78. The summed E-state index contributed by atoms with van der Waals surface area (Å²) in [5.41, 5.74) is 3.39. The van der Waals surface area contributed by atoms with Crippen molar-refractivity contribution < 1.29 is 4.74 Å². The summed E-state index contributed by atoms with van der Waals surface area (Å²) < 4.78 is 7.72. The normalized spacial score (nSPS) is 16.1. The van der Waals surface area contributed by atoms with Crippen LogP contribution in [-0.4, -0.2) is 51.9 Å². The van der Waals surface area contributed by atoms with Crippen molar-refractivity contribution in [1.29, 1.82) is 0 Å². The lowest BCUT2D eigenvalue weighted by atomic mass is 10.1. The van der Waals surface area contributed by atoms with Crippen LogP contribution in [0.4, 0.5) is 0 Å². The lowest BCUT2D eigenvalue weighted by molar-refractivity contribution is 0.0906. The molecule has 0 saturated carbocycles. The van der Waals surface area contributed by atoms with E-state index in [0.717, 1.165) is 44.3 Å². The van der Waals surface area contributed by atoms with Crippen LogP contribution in [0.3, 0.4) is 0 Å². The fourth-order valence-electron chi connectivity index (χ4n) is 3.77. The van der Waals surface area contributed by atoms with E-state index in [4.69, 9.17) is 9.73 Å². The van der Waals surface area contributed by atoms with Gasteiger partial charge in [0.05, 0.1) is 25.4 Å². The van der Waals surface area contributed by atoms with Gasteiger partial charge in [0.2, 0.25) is 0 Å². The first-order valence-corrected chi connectivity index (χ1v) is 10.9. The van der Waals surface area contributed by atoms with Crippen LogP contribution in [0.25, 0.3) is 5.69 Å². The monoisotopic (exact) mass is 546 g/mol. The maximum atomic E-state index is 5.96. The fraction of sp³-hybridized carbons (Fsp3) is 0.375. The first-order valence-electron chi connectivity index (χ1n) is 10.9. The number of ether oxygens (including phenoxy) is 1. The molecule has 1 atom stereocenters. The Morgan fingerprint density at radius 2 is 1.94 bits per heavy atom. The van der Waals surface area contributed by atoms with Crippen LogP contribution in [0.5, 0.6) is 0 Å². The van der Waals surface area contributed by atoms with Crippen LogP contribution in [0.1, 0.15) is 24.5 Å². The summed E-state index contributed by atoms with van der Waals surface area (Å²) in [5.74, 6) is 1.52. The average molecular weight is 546 g/mol. The van der Waals surface area contributed by atoms with Gasteiger partial charge in [0.1, 0.15) is 12.7 Å². The number of likely N-dealkylation sites (tertiary alicyclic amines) is 1. The summed E-state index contributed by atoms with van der Waals surface area (Å²) in [6.45, 7) is 7.06. The molecule has 32 heavy (non-hydrogen) atoms. The zero-order valence-corrected chi connectivity index (χ0v) is 20.8. The highest BCUT2D eigenvalue weighted by atomic mass is 127. The molecule has 1 saturated heterocycles. The molecule has 8 heteroatoms. The SMILES string of the molecule is CCNC(=NCc1ccc(-n2cncn2)cc1)N1CCC(COCc2ccccc2)C1.I. The minimum Gasteiger partial charge on any atom is -0.376 e. The highest BCUT2D eigenvalue weighted by molar-refractivity contribution is 14.0. The zero-order valence-electron chi connectivity index (χ0n) is 18.4. The summed E-state index contributed by atoms with van der Waals surface area (Å²) in [4.78, 5) is 11.2. The molecule has 0 aliphatic carbocycles. The Morgan fingerprint density at radius 3 is 2.66 bits per heavy atom. The maximum Gasteiger partial charge on any atom is 0.194 e. The van der Waals surface area contributed by atoms with Gasteiger partial charge in [-0.05, 0) is 36.6 Å². The molecule has 1 aliphatic heterocycles. The van der Waals surface area contributed by atoms with Crippen molar-refractivity contribution in [2.24, 2.45) is 10.9 Å². The molecule has 0 radical (unpaired) electrons. The Kier molecular flexibility index (Phi) is 9.48. The lowest BCUT2D eigenvalue weighted by Crippen LogP contribution is -2.40. The van der Waals surface area contributed by atoms with Gasteiger partial charge in [0.15, 0.2) is 5.96 Å². The van der Waals surface area contributed by atoms with Gasteiger partial charge in [-0.15, -0.1) is 24.0 Å². The van der Waals surface area contributed by atoms with Crippen LogP contribution < -0.4 is 5.32 Å². The third-order valence-corrected chi connectivity index (χ3v) is 5.42. The number of guanidine groups is 1. The Bertz CT molecular complexity index is 946. The molecule has 1 fully saturated rings. The number of hydrogen-bond donors (Lipinski definition) is 1. The fourth-order valence-corrected chi connectivity index (χ4v) is 3.77. The molecular weight excluding hydrogens is 515 g/mol. The maximum absolute atomic E-state index is 5.96. The molecule has 1 N–H and O–H groups in total. The molecule has 4 rings (SSSR count). The predicted molar refractivity (Wildman–Crippen MR) is 137 cm³/mol. The van der Waals surface area contributed by atoms with Gasteiger partial charge in [0.25, 0.3) is 0 Å². The highest BCUT2D eigenvalue weighted by Crippen LogP contribution is 2.18. The first-order chi connectivity index (χ1) is 15.3. The Hall–Kier alpha value is -2.46. The van der Waals surface area contributed by atoms with Gasteiger partial charge in [-0.1, -0.05) is 42.5 Å². The van der Waals surface area contributed by atoms with Gasteiger partial charge in [-0.3, -0.25) is 0 Å². The van der Waals surface area contributed by atoms with Crippen molar-refractivity contribution in [1.82, 2.24) is 25.0 Å². The van der Waals surface area contributed by atoms with E-state index >= 15 is 0 Å². The van der Waals surface area contributed by atoms with Crippen LogP contribution >= 0.6 is 24.0 Å². The molecule has 0 bridgehead atoms. The van der Waals surface area contributed by atoms with Gasteiger partial charge < -0.3 is 15.0 Å². The minimum absolute atomic E-state index is 0. The number of nitrogens with one attached hydrogen (secondary N) is 1. The van der Waals surface area contributed by atoms with E-state index < -0.39 is 0 Å². The van der Waals surface area contributed by atoms with Crippen molar-refractivity contribution in [3.63, 3.8) is 0 Å². The molecule has 1 aliphatic rings. The minimum atomic E-state index is 0. The molecule has 2 heterocycles. The summed E-state index contributed by atoms with van der Waals surface area (Å²) in [5, 5.41) is 7.61. The van der Waals surface area contributed by atoms with Crippen LogP contribution in [-0.2, 0) is 17.9 Å². The number of benzene rings is 2. The van der Waals surface area contributed by atoms with E-state index in [0.29, 0.717) is 19.1 Å². The van der Waals surface area contributed by atoms with Gasteiger partial charge in [-0.2, -0.15) is 5.10 Å². The summed E-state index contributed by atoms with van der Waals surface area (Å²) in [6, 6.07) is 18.6. The third kappa shape index (κ3) is 6.77. The van der Waals surface area contributed by atoms with Gasteiger partial charge >= 0.3 is 0 Å². The van der Waals surface area contributed by atoms with E-state index in [9.17, 15) is 0 Å². The van der Waals surface area contributed by atoms with Crippen molar-refractivity contribution >= 4 is 29.9 Å². The van der Waals surface area contributed by atoms with Crippen molar-refractivity contribution in [3.8, 4) is 5.69 Å². The molecule has 170 valence electrons. The van der Waals surface area contributed by atoms with Crippen molar-refractivity contribution in [3.05, 3.63) is 78.4 Å². The summed E-state index contributed by atoms with van der Waals surface area (Å²) in [7, 11) is 0. The predicted octanol–water partition coefficient (Wildman–Crippen LogP) is 3.89. The Labute approximate surface area is 206 Å².